The van der Waals surface area contributed by atoms with Gasteiger partial charge in [-0.05, 0) is 44.0 Å². The van der Waals surface area contributed by atoms with Crippen LogP contribution in [0.2, 0.25) is 0 Å². The number of nitrogens with zero attached hydrogens (tertiary/aromatic N) is 1. The summed E-state index contributed by atoms with van der Waals surface area (Å²) < 4.78 is 25.7. The summed E-state index contributed by atoms with van der Waals surface area (Å²) in [4.78, 5) is 13.9. The van der Waals surface area contributed by atoms with E-state index in [2.05, 4.69) is 4.72 Å². The first-order valence-corrected chi connectivity index (χ1v) is 8.39. The third-order valence-electron chi connectivity index (χ3n) is 4.21. The molecule has 1 saturated carbocycles. The second-order valence-electron chi connectivity index (χ2n) is 5.77. The number of β-amino-alcohol motifs (C(OH)–C–C–N with tert-alkyl or cyclic N) is 1. The van der Waals surface area contributed by atoms with Crippen molar-refractivity contribution in [3.05, 3.63) is 29.8 Å². The fourth-order valence-corrected chi connectivity index (χ4v) is 3.51. The quantitative estimate of drug-likeness (QED) is 0.831. The number of hydrogen-bond acceptors (Lipinski definition) is 4. The lowest BCUT2D eigenvalue weighted by atomic mass is 9.88. The summed E-state index contributed by atoms with van der Waals surface area (Å²) in [5.74, 6) is 0.0750. The molecule has 1 amide bonds. The zero-order chi connectivity index (χ0) is 15.3. The predicted molar refractivity (Wildman–Crippen MR) is 76.3 cm³/mol. The smallest absolute Gasteiger partial charge is 0.254 e. The molecular weight excluding hydrogens is 292 g/mol. The fraction of sp³-hybridized carbons (Fsp3) is 0.500. The van der Waals surface area contributed by atoms with Gasteiger partial charge in [0.15, 0.2) is 0 Å². The van der Waals surface area contributed by atoms with Gasteiger partial charge in [0.05, 0.1) is 18.0 Å². The molecule has 1 aliphatic carbocycles. The summed E-state index contributed by atoms with van der Waals surface area (Å²) in [5.41, 5.74) is -0.409. The van der Waals surface area contributed by atoms with Gasteiger partial charge in [-0.15, -0.1) is 0 Å². The molecule has 0 aromatic heterocycles. The maximum absolute atomic E-state index is 12.3. The third kappa shape index (κ3) is 2.56. The Morgan fingerprint density at radius 2 is 2.05 bits per heavy atom. The summed E-state index contributed by atoms with van der Waals surface area (Å²) in [6.07, 6.45) is 2.04. The van der Waals surface area contributed by atoms with Crippen molar-refractivity contribution < 1.29 is 18.3 Å². The molecule has 2 fully saturated rings. The van der Waals surface area contributed by atoms with E-state index in [1.54, 1.807) is 17.0 Å². The van der Waals surface area contributed by atoms with Gasteiger partial charge in [-0.2, -0.15) is 0 Å². The molecule has 2 N–H and O–H groups in total. The first kappa shape index (κ1) is 14.5. The monoisotopic (exact) mass is 310 g/mol. The van der Waals surface area contributed by atoms with E-state index < -0.39 is 15.6 Å². The van der Waals surface area contributed by atoms with Crippen molar-refractivity contribution in [2.24, 2.45) is 5.92 Å². The number of likely N-dealkylation sites (tertiary alicyclic amines) is 1. The van der Waals surface area contributed by atoms with Crippen molar-refractivity contribution in [2.75, 3.05) is 20.1 Å². The van der Waals surface area contributed by atoms with Gasteiger partial charge in [0.2, 0.25) is 10.0 Å². The molecule has 0 bridgehead atoms. The van der Waals surface area contributed by atoms with Crippen LogP contribution in [0.5, 0.6) is 0 Å². The largest absolute Gasteiger partial charge is 0.386 e. The topological polar surface area (TPSA) is 86.7 Å². The highest BCUT2D eigenvalue weighted by atomic mass is 32.2. The third-order valence-corrected chi connectivity index (χ3v) is 5.63. The van der Waals surface area contributed by atoms with E-state index in [0.29, 0.717) is 24.6 Å². The number of carbonyl (C=O) groups excluding carboxylic acids is 1. The SMILES string of the molecule is CNS(=O)(=O)c1cccc(C(=O)N2CC(O)(C3CC3)C2)c1. The second-order valence-corrected chi connectivity index (χ2v) is 7.66. The van der Waals surface area contributed by atoms with Gasteiger partial charge in [-0.3, -0.25) is 4.79 Å². The first-order chi connectivity index (χ1) is 9.86. The van der Waals surface area contributed by atoms with Gasteiger partial charge in [-0.1, -0.05) is 6.07 Å². The average Bonchev–Trinajstić information content (AvgIpc) is 3.28. The van der Waals surface area contributed by atoms with Crippen LogP contribution in [0.3, 0.4) is 0 Å². The zero-order valence-corrected chi connectivity index (χ0v) is 12.6. The molecule has 6 nitrogen and oxygen atoms in total. The van der Waals surface area contributed by atoms with Crippen LogP contribution in [0.15, 0.2) is 29.2 Å². The number of amides is 1. The number of benzene rings is 1. The summed E-state index contributed by atoms with van der Waals surface area (Å²) in [5, 5.41) is 10.2. The summed E-state index contributed by atoms with van der Waals surface area (Å²) in [6.45, 7) is 0.666. The van der Waals surface area contributed by atoms with Crippen molar-refractivity contribution in [1.29, 1.82) is 0 Å². The Bertz CT molecular complexity index is 676. The van der Waals surface area contributed by atoms with Gasteiger partial charge >= 0.3 is 0 Å². The Morgan fingerprint density at radius 1 is 1.38 bits per heavy atom. The lowest BCUT2D eigenvalue weighted by Crippen LogP contribution is -2.64. The van der Waals surface area contributed by atoms with E-state index in [4.69, 9.17) is 0 Å². The van der Waals surface area contributed by atoms with Crippen LogP contribution >= 0.6 is 0 Å². The summed E-state index contributed by atoms with van der Waals surface area (Å²) >= 11 is 0. The highest BCUT2D eigenvalue weighted by molar-refractivity contribution is 7.89. The molecule has 0 unspecified atom stereocenters. The number of rotatable bonds is 4. The Kier molecular flexibility index (Phi) is 3.31. The molecule has 21 heavy (non-hydrogen) atoms. The van der Waals surface area contributed by atoms with Crippen LogP contribution in [0.1, 0.15) is 23.2 Å². The van der Waals surface area contributed by atoms with Crippen molar-refractivity contribution >= 4 is 15.9 Å². The molecule has 0 radical (unpaired) electrons. The highest BCUT2D eigenvalue weighted by Gasteiger charge is 2.53. The van der Waals surface area contributed by atoms with Crippen molar-refractivity contribution in [3.63, 3.8) is 0 Å². The minimum absolute atomic E-state index is 0.0637. The molecule has 1 aromatic carbocycles. The van der Waals surface area contributed by atoms with Crippen LogP contribution in [0, 0.1) is 5.92 Å². The maximum atomic E-state index is 12.3. The summed E-state index contributed by atoms with van der Waals surface area (Å²) in [6, 6.07) is 5.94. The van der Waals surface area contributed by atoms with E-state index in [1.807, 2.05) is 0 Å². The van der Waals surface area contributed by atoms with Gasteiger partial charge in [0.1, 0.15) is 5.60 Å². The number of sulfonamides is 1. The molecule has 0 spiro atoms. The van der Waals surface area contributed by atoms with Crippen LogP contribution in [0.4, 0.5) is 0 Å². The Balaban J connectivity index is 1.76. The first-order valence-electron chi connectivity index (χ1n) is 6.91. The molecule has 1 saturated heterocycles. The van der Waals surface area contributed by atoms with Gasteiger partial charge in [-0.25, -0.2) is 13.1 Å². The van der Waals surface area contributed by atoms with Crippen molar-refractivity contribution in [1.82, 2.24) is 9.62 Å². The lowest BCUT2D eigenvalue weighted by molar-refractivity contribution is -0.0958. The Labute approximate surface area is 123 Å². The number of hydrogen-bond donors (Lipinski definition) is 2. The van der Waals surface area contributed by atoms with E-state index in [0.717, 1.165) is 12.8 Å². The van der Waals surface area contributed by atoms with E-state index >= 15 is 0 Å². The van der Waals surface area contributed by atoms with Crippen molar-refractivity contribution in [2.45, 2.75) is 23.3 Å². The standard InChI is InChI=1S/C14H18N2O4S/c1-15-21(19,20)12-4-2-3-10(7-12)13(17)16-8-14(18,9-16)11-5-6-11/h2-4,7,11,15,18H,5-6,8-9H2,1H3. The molecule has 3 rings (SSSR count). The molecule has 1 aromatic rings. The van der Waals surface area contributed by atoms with Gasteiger partial charge < -0.3 is 10.0 Å². The predicted octanol–water partition coefficient (Wildman–Crippen LogP) is 0.192. The molecule has 0 atom stereocenters. The second kappa shape index (κ2) is 4.79. The fourth-order valence-electron chi connectivity index (χ4n) is 2.73. The van der Waals surface area contributed by atoms with E-state index in [1.165, 1.54) is 19.2 Å². The minimum atomic E-state index is -3.57. The molecule has 1 heterocycles. The number of carbonyl (C=O) groups is 1. The number of aliphatic hydroxyl groups is 1. The Hall–Kier alpha value is -1.44. The zero-order valence-electron chi connectivity index (χ0n) is 11.7. The van der Waals surface area contributed by atoms with Crippen molar-refractivity contribution in [3.8, 4) is 0 Å². The molecule has 1 aliphatic heterocycles. The lowest BCUT2D eigenvalue weighted by Gasteiger charge is -2.47. The van der Waals surface area contributed by atoms with E-state index in [9.17, 15) is 18.3 Å². The highest BCUT2D eigenvalue weighted by Crippen LogP contribution is 2.44. The maximum Gasteiger partial charge on any atom is 0.254 e. The summed E-state index contributed by atoms with van der Waals surface area (Å²) in [7, 11) is -2.24. The number of nitrogens with one attached hydrogen (secondary N) is 1. The molecule has 2 aliphatic rings. The molecule has 114 valence electrons. The van der Waals surface area contributed by atoms with Crippen LogP contribution in [0.25, 0.3) is 0 Å². The van der Waals surface area contributed by atoms with Gasteiger partial charge in [0, 0.05) is 5.56 Å². The minimum Gasteiger partial charge on any atom is -0.386 e. The van der Waals surface area contributed by atoms with Crippen LogP contribution < -0.4 is 4.72 Å². The average molecular weight is 310 g/mol. The van der Waals surface area contributed by atoms with Gasteiger partial charge in [0.25, 0.3) is 5.91 Å². The van der Waals surface area contributed by atoms with Crippen LogP contribution in [-0.4, -0.2) is 50.1 Å². The molecule has 7 heteroatoms. The van der Waals surface area contributed by atoms with E-state index in [-0.39, 0.29) is 10.8 Å². The normalized spacial score (nSPS) is 21.0. The van der Waals surface area contributed by atoms with Crippen LogP contribution in [-0.2, 0) is 10.0 Å². The molecular formula is C14H18N2O4S. The Morgan fingerprint density at radius 3 is 2.62 bits per heavy atom.